The van der Waals surface area contributed by atoms with Crippen molar-refractivity contribution in [2.75, 3.05) is 26.2 Å². The van der Waals surface area contributed by atoms with E-state index >= 15 is 0 Å². The summed E-state index contributed by atoms with van der Waals surface area (Å²) in [5.41, 5.74) is 4.85. The second-order valence-corrected chi connectivity index (χ2v) is 5.80. The quantitative estimate of drug-likeness (QED) is 0.910. The Morgan fingerprint density at radius 3 is 2.64 bits per heavy atom. The molecule has 0 atom stereocenters. The zero-order valence-electron chi connectivity index (χ0n) is 13.0. The van der Waals surface area contributed by atoms with E-state index in [0.29, 0.717) is 0 Å². The number of benzene rings is 1. The van der Waals surface area contributed by atoms with Gasteiger partial charge in [0.2, 0.25) is 0 Å². The number of piperazine rings is 1. The summed E-state index contributed by atoms with van der Waals surface area (Å²) in [5.74, 6) is 0.209. The molecule has 1 aliphatic heterocycles. The van der Waals surface area contributed by atoms with Crippen molar-refractivity contribution in [1.82, 2.24) is 15.2 Å². The summed E-state index contributed by atoms with van der Waals surface area (Å²) in [6.45, 7) is 7.59. The first-order valence-electron chi connectivity index (χ1n) is 7.95. The van der Waals surface area contributed by atoms with Crippen LogP contribution in [-0.4, -0.2) is 41.2 Å². The third-order valence-electron chi connectivity index (χ3n) is 4.25. The second kappa shape index (κ2) is 6.90. The van der Waals surface area contributed by atoms with Gasteiger partial charge in [-0.1, -0.05) is 25.1 Å². The molecular formula is C18H23N3O. The van der Waals surface area contributed by atoms with E-state index < -0.39 is 0 Å². The van der Waals surface area contributed by atoms with Gasteiger partial charge < -0.3 is 10.4 Å². The molecule has 0 spiro atoms. The van der Waals surface area contributed by atoms with Crippen LogP contribution in [0.3, 0.4) is 0 Å². The number of pyridine rings is 1. The Morgan fingerprint density at radius 1 is 1.09 bits per heavy atom. The lowest BCUT2D eigenvalue weighted by molar-refractivity contribution is 0.232. The predicted octanol–water partition coefficient (Wildman–Crippen LogP) is 2.42. The minimum absolute atomic E-state index is 0.209. The predicted molar refractivity (Wildman–Crippen MR) is 88.9 cm³/mol. The molecule has 1 aliphatic rings. The van der Waals surface area contributed by atoms with Crippen LogP contribution in [0.4, 0.5) is 0 Å². The van der Waals surface area contributed by atoms with Gasteiger partial charge in [0.1, 0.15) is 5.75 Å². The number of rotatable bonds is 4. The molecule has 0 aliphatic carbocycles. The number of aryl methyl sites for hydroxylation is 1. The van der Waals surface area contributed by atoms with Crippen LogP contribution in [-0.2, 0) is 13.0 Å². The van der Waals surface area contributed by atoms with E-state index in [2.05, 4.69) is 40.3 Å². The molecule has 1 saturated heterocycles. The second-order valence-electron chi connectivity index (χ2n) is 5.80. The van der Waals surface area contributed by atoms with Gasteiger partial charge in [-0.3, -0.25) is 9.88 Å². The molecule has 3 rings (SSSR count). The molecule has 2 N–H and O–H groups in total. The summed E-state index contributed by atoms with van der Waals surface area (Å²) in [5, 5.41) is 13.0. The van der Waals surface area contributed by atoms with Crippen molar-refractivity contribution in [3.8, 4) is 16.9 Å². The van der Waals surface area contributed by atoms with Crippen molar-refractivity contribution >= 4 is 0 Å². The molecule has 1 aromatic heterocycles. The minimum Gasteiger partial charge on any atom is -0.506 e. The van der Waals surface area contributed by atoms with E-state index in [1.165, 1.54) is 17.3 Å². The molecule has 0 radical (unpaired) electrons. The van der Waals surface area contributed by atoms with E-state index in [1.807, 2.05) is 0 Å². The molecule has 2 heterocycles. The molecule has 4 heteroatoms. The standard InChI is InChI=1S/C18H23N3O/c1-2-14-9-15(17-10-18(22)12-20-11-17)3-4-16(14)13-21-7-5-19-6-8-21/h3-4,9-12,19,22H,2,5-8,13H2,1H3. The Morgan fingerprint density at radius 2 is 1.91 bits per heavy atom. The summed E-state index contributed by atoms with van der Waals surface area (Å²) in [7, 11) is 0. The number of aromatic nitrogens is 1. The monoisotopic (exact) mass is 297 g/mol. The molecule has 0 bridgehead atoms. The number of nitrogens with zero attached hydrogens (tertiary/aromatic N) is 2. The lowest BCUT2D eigenvalue weighted by Crippen LogP contribution is -2.43. The molecule has 22 heavy (non-hydrogen) atoms. The van der Waals surface area contributed by atoms with Gasteiger partial charge in [-0.15, -0.1) is 0 Å². The molecule has 1 fully saturated rings. The topological polar surface area (TPSA) is 48.4 Å². The van der Waals surface area contributed by atoms with E-state index in [9.17, 15) is 5.11 Å². The molecule has 1 aromatic carbocycles. The molecule has 4 nitrogen and oxygen atoms in total. The Bertz CT molecular complexity index is 636. The first-order chi connectivity index (χ1) is 10.8. The highest BCUT2D eigenvalue weighted by Crippen LogP contribution is 2.25. The van der Waals surface area contributed by atoms with Gasteiger partial charge in [0.25, 0.3) is 0 Å². The summed E-state index contributed by atoms with van der Waals surface area (Å²) < 4.78 is 0. The molecule has 0 unspecified atom stereocenters. The van der Waals surface area contributed by atoms with E-state index in [1.54, 1.807) is 12.3 Å². The minimum atomic E-state index is 0.209. The van der Waals surface area contributed by atoms with Crippen molar-refractivity contribution in [2.24, 2.45) is 0 Å². The third kappa shape index (κ3) is 3.46. The highest BCUT2D eigenvalue weighted by atomic mass is 16.3. The summed E-state index contributed by atoms with van der Waals surface area (Å²) in [6.07, 6.45) is 4.27. The normalized spacial score (nSPS) is 15.9. The zero-order chi connectivity index (χ0) is 15.4. The summed E-state index contributed by atoms with van der Waals surface area (Å²) >= 11 is 0. The third-order valence-corrected chi connectivity index (χ3v) is 4.25. The van der Waals surface area contributed by atoms with Crippen LogP contribution in [0.1, 0.15) is 18.1 Å². The van der Waals surface area contributed by atoms with Gasteiger partial charge in [-0.2, -0.15) is 0 Å². The molecule has 0 amide bonds. The lowest BCUT2D eigenvalue weighted by Gasteiger charge is -2.28. The molecule has 0 saturated carbocycles. The van der Waals surface area contributed by atoms with Crippen LogP contribution in [0.25, 0.3) is 11.1 Å². The lowest BCUT2D eigenvalue weighted by atomic mass is 9.98. The van der Waals surface area contributed by atoms with Gasteiger partial charge in [-0.25, -0.2) is 0 Å². The Hall–Kier alpha value is -1.91. The summed E-state index contributed by atoms with van der Waals surface area (Å²) in [6, 6.07) is 8.35. The summed E-state index contributed by atoms with van der Waals surface area (Å²) in [4.78, 5) is 6.57. The number of aromatic hydroxyl groups is 1. The fraction of sp³-hybridized carbons (Fsp3) is 0.389. The van der Waals surface area contributed by atoms with Crippen molar-refractivity contribution < 1.29 is 5.11 Å². The van der Waals surface area contributed by atoms with Gasteiger partial charge in [0, 0.05) is 44.5 Å². The Kier molecular flexibility index (Phi) is 4.71. The van der Waals surface area contributed by atoms with E-state index in [0.717, 1.165) is 50.3 Å². The maximum Gasteiger partial charge on any atom is 0.134 e. The maximum absolute atomic E-state index is 9.60. The van der Waals surface area contributed by atoms with Crippen LogP contribution >= 0.6 is 0 Å². The van der Waals surface area contributed by atoms with Crippen LogP contribution in [0.5, 0.6) is 5.75 Å². The van der Waals surface area contributed by atoms with Crippen molar-refractivity contribution in [3.63, 3.8) is 0 Å². The molecule has 116 valence electrons. The zero-order valence-corrected chi connectivity index (χ0v) is 13.0. The fourth-order valence-electron chi connectivity index (χ4n) is 2.98. The van der Waals surface area contributed by atoms with Crippen LogP contribution in [0, 0.1) is 0 Å². The SMILES string of the molecule is CCc1cc(-c2cncc(O)c2)ccc1CN1CCNCC1. The number of hydrogen-bond acceptors (Lipinski definition) is 4. The van der Waals surface area contributed by atoms with E-state index in [-0.39, 0.29) is 5.75 Å². The average molecular weight is 297 g/mol. The fourth-order valence-corrected chi connectivity index (χ4v) is 2.98. The van der Waals surface area contributed by atoms with Crippen LogP contribution in [0.2, 0.25) is 0 Å². The number of hydrogen-bond donors (Lipinski definition) is 2. The van der Waals surface area contributed by atoms with Crippen LogP contribution in [0.15, 0.2) is 36.7 Å². The number of nitrogens with one attached hydrogen (secondary N) is 1. The van der Waals surface area contributed by atoms with Gasteiger partial charge in [0.05, 0.1) is 6.20 Å². The highest BCUT2D eigenvalue weighted by Gasteiger charge is 2.12. The first kappa shape index (κ1) is 15.0. The first-order valence-corrected chi connectivity index (χ1v) is 7.95. The maximum atomic E-state index is 9.60. The highest BCUT2D eigenvalue weighted by molar-refractivity contribution is 5.65. The van der Waals surface area contributed by atoms with E-state index in [4.69, 9.17) is 0 Å². The van der Waals surface area contributed by atoms with Crippen molar-refractivity contribution in [1.29, 1.82) is 0 Å². The van der Waals surface area contributed by atoms with Crippen LogP contribution < -0.4 is 5.32 Å². The Balaban J connectivity index is 1.83. The van der Waals surface area contributed by atoms with Gasteiger partial charge in [-0.05, 0) is 29.2 Å². The van der Waals surface area contributed by atoms with Crippen molar-refractivity contribution in [2.45, 2.75) is 19.9 Å². The van der Waals surface area contributed by atoms with Crippen molar-refractivity contribution in [3.05, 3.63) is 47.8 Å². The Labute approximate surface area is 131 Å². The largest absolute Gasteiger partial charge is 0.506 e. The molecular weight excluding hydrogens is 274 g/mol. The molecule has 2 aromatic rings. The van der Waals surface area contributed by atoms with Gasteiger partial charge >= 0.3 is 0 Å². The van der Waals surface area contributed by atoms with Gasteiger partial charge in [0.15, 0.2) is 0 Å². The smallest absolute Gasteiger partial charge is 0.134 e. The average Bonchev–Trinajstić information content (AvgIpc) is 2.56.